The molecule has 3 aromatic rings. The largest absolute Gasteiger partial charge is 0.456 e. The zero-order valence-electron chi connectivity index (χ0n) is 22.5. The van der Waals surface area contributed by atoms with E-state index in [1.54, 1.807) is 45.0 Å². The van der Waals surface area contributed by atoms with Gasteiger partial charge in [0.2, 0.25) is 11.7 Å². The third kappa shape index (κ3) is 9.37. The number of benzene rings is 3. The topological polar surface area (TPSA) is 125 Å². The number of esters is 1. The van der Waals surface area contributed by atoms with Crippen molar-refractivity contribution < 1.29 is 23.9 Å². The molecule has 0 aliphatic heterocycles. The van der Waals surface area contributed by atoms with E-state index in [-0.39, 0.29) is 35.0 Å². The SMILES string of the molecule is CC(C)(C)OC(=O)c1ccc(NC(=O)[C@@H](CCC(=O)C(=O)Nc2cc(Cl)cc(C#N)c2)Cc2ccccc2)cc1. The molecule has 0 bridgehead atoms. The number of nitrogens with one attached hydrogen (secondary N) is 2. The molecule has 0 aromatic heterocycles. The van der Waals surface area contributed by atoms with Gasteiger partial charge >= 0.3 is 5.97 Å². The summed E-state index contributed by atoms with van der Waals surface area (Å²) >= 11 is 5.97. The van der Waals surface area contributed by atoms with Crippen LogP contribution < -0.4 is 10.6 Å². The minimum absolute atomic E-state index is 0.127. The molecule has 0 unspecified atom stereocenters. The summed E-state index contributed by atoms with van der Waals surface area (Å²) in [5.41, 5.74) is 1.59. The summed E-state index contributed by atoms with van der Waals surface area (Å²) in [6.07, 6.45) is 0.319. The molecule has 0 radical (unpaired) electrons. The van der Waals surface area contributed by atoms with Crippen LogP contribution in [-0.4, -0.2) is 29.2 Å². The predicted molar refractivity (Wildman–Crippen MR) is 153 cm³/mol. The number of carbonyl (C=O) groups excluding carboxylic acids is 4. The van der Waals surface area contributed by atoms with E-state index in [9.17, 15) is 19.2 Å². The van der Waals surface area contributed by atoms with E-state index in [1.807, 2.05) is 36.4 Å². The number of Topliss-reactive ketones (excluding diaryl/α,β-unsaturated/α-hetero) is 1. The zero-order chi connectivity index (χ0) is 29.3. The van der Waals surface area contributed by atoms with Crippen LogP contribution in [0.2, 0.25) is 5.02 Å². The van der Waals surface area contributed by atoms with Crippen LogP contribution in [0.15, 0.2) is 72.8 Å². The maximum absolute atomic E-state index is 13.2. The summed E-state index contributed by atoms with van der Waals surface area (Å²) in [4.78, 5) is 50.7. The van der Waals surface area contributed by atoms with Crippen LogP contribution in [0.5, 0.6) is 0 Å². The van der Waals surface area contributed by atoms with Gasteiger partial charge in [0.25, 0.3) is 5.91 Å². The zero-order valence-corrected chi connectivity index (χ0v) is 23.2. The number of hydrogen-bond donors (Lipinski definition) is 2. The van der Waals surface area contributed by atoms with Gasteiger partial charge in [-0.05, 0) is 81.6 Å². The van der Waals surface area contributed by atoms with Gasteiger partial charge in [-0.2, -0.15) is 5.26 Å². The van der Waals surface area contributed by atoms with Crippen LogP contribution in [0.3, 0.4) is 0 Å². The highest BCUT2D eigenvalue weighted by Crippen LogP contribution is 2.21. The molecular formula is C31H30ClN3O5. The summed E-state index contributed by atoms with van der Waals surface area (Å²) in [6.45, 7) is 5.34. The van der Waals surface area contributed by atoms with Gasteiger partial charge < -0.3 is 15.4 Å². The third-order valence-electron chi connectivity index (χ3n) is 5.74. The van der Waals surface area contributed by atoms with E-state index in [4.69, 9.17) is 21.6 Å². The second-order valence-electron chi connectivity index (χ2n) is 10.2. The Balaban J connectivity index is 1.67. The quantitative estimate of drug-likeness (QED) is 0.233. The Hall–Kier alpha value is -4.48. The first-order valence-electron chi connectivity index (χ1n) is 12.7. The molecule has 40 heavy (non-hydrogen) atoms. The number of hydrogen-bond acceptors (Lipinski definition) is 6. The van der Waals surface area contributed by atoms with Gasteiger partial charge in [-0.3, -0.25) is 14.4 Å². The lowest BCUT2D eigenvalue weighted by atomic mass is 9.92. The van der Waals surface area contributed by atoms with Crippen molar-refractivity contribution in [1.29, 1.82) is 5.26 Å². The molecule has 1 atom stereocenters. The van der Waals surface area contributed by atoms with Crippen LogP contribution in [0, 0.1) is 17.2 Å². The number of ketones is 1. The fourth-order valence-corrected chi connectivity index (χ4v) is 4.08. The Bertz CT molecular complexity index is 1420. The molecule has 2 amide bonds. The average Bonchev–Trinajstić information content (AvgIpc) is 2.90. The van der Waals surface area contributed by atoms with Gasteiger partial charge in [0.05, 0.1) is 17.2 Å². The van der Waals surface area contributed by atoms with E-state index < -0.39 is 29.2 Å². The fraction of sp³-hybridized carbons (Fsp3) is 0.258. The summed E-state index contributed by atoms with van der Waals surface area (Å²) in [5, 5.41) is 14.6. The first-order valence-corrected chi connectivity index (χ1v) is 13.0. The first-order chi connectivity index (χ1) is 18.9. The van der Waals surface area contributed by atoms with Crippen LogP contribution in [0.1, 0.15) is 55.1 Å². The van der Waals surface area contributed by atoms with Crippen molar-refractivity contribution in [3.63, 3.8) is 0 Å². The molecule has 0 fully saturated rings. The molecule has 3 aromatic carbocycles. The van der Waals surface area contributed by atoms with Crippen LogP contribution in [-0.2, 0) is 25.5 Å². The third-order valence-corrected chi connectivity index (χ3v) is 5.96. The number of nitriles is 1. The Morgan fingerprint density at radius 2 is 1.60 bits per heavy atom. The predicted octanol–water partition coefficient (Wildman–Crippen LogP) is 5.95. The molecule has 0 heterocycles. The van der Waals surface area contributed by atoms with Crippen LogP contribution >= 0.6 is 11.6 Å². The average molecular weight is 560 g/mol. The van der Waals surface area contributed by atoms with Gasteiger partial charge in [0, 0.05) is 28.7 Å². The lowest BCUT2D eigenvalue weighted by Crippen LogP contribution is -2.28. The number of anilines is 2. The lowest BCUT2D eigenvalue weighted by Gasteiger charge is -2.19. The maximum Gasteiger partial charge on any atom is 0.338 e. The summed E-state index contributed by atoms with van der Waals surface area (Å²) < 4.78 is 5.37. The number of rotatable bonds is 10. The number of halogens is 1. The Morgan fingerprint density at radius 3 is 2.23 bits per heavy atom. The molecule has 0 saturated carbocycles. The summed E-state index contributed by atoms with van der Waals surface area (Å²) in [7, 11) is 0. The minimum Gasteiger partial charge on any atom is -0.456 e. The monoisotopic (exact) mass is 559 g/mol. The minimum atomic E-state index is -0.859. The van der Waals surface area contributed by atoms with E-state index in [2.05, 4.69) is 10.6 Å². The fourth-order valence-electron chi connectivity index (χ4n) is 3.84. The van der Waals surface area contributed by atoms with Crippen molar-refractivity contribution in [2.45, 2.75) is 45.6 Å². The number of nitrogens with zero attached hydrogens (tertiary/aromatic N) is 1. The molecule has 0 spiro atoms. The Labute approximate surface area is 238 Å². The van der Waals surface area contributed by atoms with Crippen LogP contribution in [0.4, 0.5) is 11.4 Å². The van der Waals surface area contributed by atoms with E-state index in [0.29, 0.717) is 17.7 Å². The van der Waals surface area contributed by atoms with Crippen molar-refractivity contribution in [3.05, 3.63) is 94.5 Å². The number of carbonyl (C=O) groups is 4. The highest BCUT2D eigenvalue weighted by atomic mass is 35.5. The van der Waals surface area contributed by atoms with Crippen molar-refractivity contribution in [1.82, 2.24) is 0 Å². The number of amides is 2. The molecule has 0 saturated heterocycles. The van der Waals surface area contributed by atoms with Crippen molar-refractivity contribution in [2.75, 3.05) is 10.6 Å². The van der Waals surface area contributed by atoms with E-state index in [1.165, 1.54) is 18.2 Å². The van der Waals surface area contributed by atoms with E-state index >= 15 is 0 Å². The molecule has 206 valence electrons. The van der Waals surface area contributed by atoms with Crippen LogP contribution in [0.25, 0.3) is 0 Å². The van der Waals surface area contributed by atoms with Gasteiger partial charge in [-0.15, -0.1) is 0 Å². The maximum atomic E-state index is 13.2. The summed E-state index contributed by atoms with van der Waals surface area (Å²) in [6, 6.07) is 21.9. The molecular weight excluding hydrogens is 530 g/mol. The standard InChI is InChI=1S/C31H30ClN3O5/c1-31(2,3)40-30(39)22-9-12-25(13-10-22)34-28(37)23(15-20-7-5-4-6-8-20)11-14-27(36)29(38)35-26-17-21(19-33)16-24(32)18-26/h4-10,12-13,16-18,23H,11,14-15H2,1-3H3,(H,34,37)(H,35,38)/t23-/m0/s1. The molecule has 8 nitrogen and oxygen atoms in total. The second kappa shape index (κ2) is 13.5. The van der Waals surface area contributed by atoms with Gasteiger partial charge in [-0.25, -0.2) is 4.79 Å². The smallest absolute Gasteiger partial charge is 0.338 e. The molecule has 2 N–H and O–H groups in total. The van der Waals surface area contributed by atoms with Crippen molar-refractivity contribution in [3.8, 4) is 6.07 Å². The molecule has 9 heteroatoms. The first kappa shape index (κ1) is 30.1. The van der Waals surface area contributed by atoms with Crippen molar-refractivity contribution in [2.24, 2.45) is 5.92 Å². The Morgan fingerprint density at radius 1 is 0.925 bits per heavy atom. The van der Waals surface area contributed by atoms with E-state index in [0.717, 1.165) is 5.56 Å². The van der Waals surface area contributed by atoms with Gasteiger partial charge in [0.1, 0.15) is 5.60 Å². The van der Waals surface area contributed by atoms with Gasteiger partial charge in [0.15, 0.2) is 0 Å². The molecule has 3 rings (SSSR count). The summed E-state index contributed by atoms with van der Waals surface area (Å²) in [5.74, 6) is -2.96. The van der Waals surface area contributed by atoms with Gasteiger partial charge in [-0.1, -0.05) is 41.9 Å². The normalized spacial score (nSPS) is 11.6. The highest BCUT2D eigenvalue weighted by Gasteiger charge is 2.24. The molecule has 0 aliphatic carbocycles. The Kier molecular flexibility index (Phi) is 10.2. The van der Waals surface area contributed by atoms with Crippen molar-refractivity contribution >= 4 is 46.5 Å². The molecule has 0 aliphatic rings. The lowest BCUT2D eigenvalue weighted by molar-refractivity contribution is -0.135. The highest BCUT2D eigenvalue weighted by molar-refractivity contribution is 6.40. The second-order valence-corrected chi connectivity index (χ2v) is 10.6. The number of ether oxygens (including phenoxy) is 1.